The molecule has 0 saturated heterocycles. The Morgan fingerprint density at radius 2 is 2.15 bits per heavy atom. The van der Waals surface area contributed by atoms with Crippen LogP contribution in [-0.2, 0) is 6.54 Å². The molecule has 0 spiro atoms. The summed E-state index contributed by atoms with van der Waals surface area (Å²) in [6.07, 6.45) is 7.88. The summed E-state index contributed by atoms with van der Waals surface area (Å²) in [4.78, 5) is 4.19. The Morgan fingerprint density at radius 3 is 2.69 bits per heavy atom. The maximum absolute atomic E-state index is 4.19. The third-order valence-electron chi connectivity index (χ3n) is 2.35. The first-order valence-electron chi connectivity index (χ1n) is 5.18. The second kappa shape index (κ2) is 5.05. The summed E-state index contributed by atoms with van der Waals surface area (Å²) in [6, 6.07) is 0. The predicted molar refractivity (Wildman–Crippen MR) is 55.7 cm³/mol. The topological polar surface area (TPSA) is 17.8 Å². The molecule has 2 nitrogen and oxygen atoms in total. The van der Waals surface area contributed by atoms with Crippen LogP contribution in [-0.4, -0.2) is 9.55 Å². The van der Waals surface area contributed by atoms with Gasteiger partial charge in [0.15, 0.2) is 0 Å². The molecule has 74 valence electrons. The third kappa shape index (κ3) is 3.62. The molecule has 0 atom stereocenters. The zero-order valence-electron chi connectivity index (χ0n) is 8.95. The number of rotatable bonds is 5. The van der Waals surface area contributed by atoms with Crippen molar-refractivity contribution in [2.75, 3.05) is 0 Å². The van der Waals surface area contributed by atoms with Crippen LogP contribution in [0.3, 0.4) is 0 Å². The maximum Gasteiger partial charge on any atom is 0.105 e. The van der Waals surface area contributed by atoms with Crippen LogP contribution in [0.25, 0.3) is 0 Å². The fourth-order valence-electron chi connectivity index (χ4n) is 1.47. The molecular formula is C11H20N2. The van der Waals surface area contributed by atoms with Crippen molar-refractivity contribution in [2.24, 2.45) is 5.92 Å². The highest BCUT2D eigenvalue weighted by Crippen LogP contribution is 2.07. The molecule has 0 aliphatic heterocycles. The Morgan fingerprint density at radius 1 is 1.38 bits per heavy atom. The van der Waals surface area contributed by atoms with E-state index in [1.165, 1.54) is 19.3 Å². The largest absolute Gasteiger partial charge is 0.335 e. The molecule has 0 N–H and O–H groups in total. The van der Waals surface area contributed by atoms with E-state index in [-0.39, 0.29) is 0 Å². The van der Waals surface area contributed by atoms with Gasteiger partial charge in [0.2, 0.25) is 0 Å². The number of nitrogens with zero attached hydrogens (tertiary/aromatic N) is 2. The van der Waals surface area contributed by atoms with E-state index >= 15 is 0 Å². The van der Waals surface area contributed by atoms with Gasteiger partial charge in [0.25, 0.3) is 0 Å². The highest BCUT2D eigenvalue weighted by Gasteiger charge is 1.97. The first-order chi connectivity index (χ1) is 6.20. The van der Waals surface area contributed by atoms with E-state index in [9.17, 15) is 0 Å². The highest BCUT2D eigenvalue weighted by atomic mass is 15.0. The summed E-state index contributed by atoms with van der Waals surface area (Å²) in [7, 11) is 0. The van der Waals surface area contributed by atoms with Gasteiger partial charge >= 0.3 is 0 Å². The zero-order chi connectivity index (χ0) is 9.68. The van der Waals surface area contributed by atoms with Gasteiger partial charge in [0.1, 0.15) is 5.82 Å². The van der Waals surface area contributed by atoms with Gasteiger partial charge in [0, 0.05) is 18.9 Å². The van der Waals surface area contributed by atoms with Gasteiger partial charge in [0.05, 0.1) is 0 Å². The van der Waals surface area contributed by atoms with Crippen molar-refractivity contribution >= 4 is 0 Å². The Hall–Kier alpha value is -0.790. The second-order valence-electron chi connectivity index (χ2n) is 4.06. The van der Waals surface area contributed by atoms with Crippen LogP contribution in [0.4, 0.5) is 0 Å². The molecule has 13 heavy (non-hydrogen) atoms. The van der Waals surface area contributed by atoms with Crippen LogP contribution < -0.4 is 0 Å². The monoisotopic (exact) mass is 180 g/mol. The van der Waals surface area contributed by atoms with Gasteiger partial charge in [-0.1, -0.05) is 26.7 Å². The molecule has 0 saturated carbocycles. The number of aromatic nitrogens is 2. The molecule has 1 heterocycles. The van der Waals surface area contributed by atoms with E-state index in [1.807, 2.05) is 6.20 Å². The zero-order valence-corrected chi connectivity index (χ0v) is 8.95. The van der Waals surface area contributed by atoms with E-state index < -0.39 is 0 Å². The molecule has 0 amide bonds. The average Bonchev–Trinajstić information content (AvgIpc) is 2.45. The van der Waals surface area contributed by atoms with E-state index in [2.05, 4.69) is 36.5 Å². The van der Waals surface area contributed by atoms with Crippen molar-refractivity contribution in [2.45, 2.75) is 46.6 Å². The van der Waals surface area contributed by atoms with Gasteiger partial charge in [-0.15, -0.1) is 0 Å². The van der Waals surface area contributed by atoms with E-state index in [0.29, 0.717) is 0 Å². The molecule has 1 aromatic heterocycles. The van der Waals surface area contributed by atoms with Crippen molar-refractivity contribution in [3.63, 3.8) is 0 Å². The minimum atomic E-state index is 0.837. The normalized spacial score (nSPS) is 11.1. The summed E-state index contributed by atoms with van der Waals surface area (Å²) in [6.45, 7) is 7.74. The molecule has 0 radical (unpaired) electrons. The summed E-state index contributed by atoms with van der Waals surface area (Å²) in [5.74, 6) is 1.97. The molecule has 0 aliphatic rings. The lowest BCUT2D eigenvalue weighted by atomic mass is 10.1. The Kier molecular flexibility index (Phi) is 4.00. The number of unbranched alkanes of at least 4 members (excludes halogenated alkanes) is 1. The third-order valence-corrected chi connectivity index (χ3v) is 2.35. The fraction of sp³-hybridized carbons (Fsp3) is 0.727. The van der Waals surface area contributed by atoms with E-state index in [0.717, 1.165) is 18.3 Å². The van der Waals surface area contributed by atoms with Crippen molar-refractivity contribution < 1.29 is 0 Å². The van der Waals surface area contributed by atoms with Crippen LogP contribution >= 0.6 is 0 Å². The molecule has 0 aromatic carbocycles. The van der Waals surface area contributed by atoms with Crippen molar-refractivity contribution in [3.05, 3.63) is 18.2 Å². The van der Waals surface area contributed by atoms with Crippen LogP contribution in [0.2, 0.25) is 0 Å². The minimum absolute atomic E-state index is 0.837. The van der Waals surface area contributed by atoms with Gasteiger partial charge in [-0.25, -0.2) is 4.98 Å². The van der Waals surface area contributed by atoms with E-state index in [1.54, 1.807) is 0 Å². The quantitative estimate of drug-likeness (QED) is 0.637. The molecule has 0 fully saturated rings. The van der Waals surface area contributed by atoms with Crippen LogP contribution in [0, 0.1) is 12.8 Å². The second-order valence-corrected chi connectivity index (χ2v) is 4.06. The number of aryl methyl sites for hydroxylation is 2. The lowest BCUT2D eigenvalue weighted by Gasteiger charge is -2.06. The molecule has 0 aliphatic carbocycles. The van der Waals surface area contributed by atoms with E-state index in [4.69, 9.17) is 0 Å². The standard InChI is InChI=1S/C11H20N2/c1-10(2)6-4-5-8-13-9-7-12-11(13)3/h7,9-10H,4-6,8H2,1-3H3. The smallest absolute Gasteiger partial charge is 0.105 e. The summed E-state index contributed by atoms with van der Waals surface area (Å²) >= 11 is 0. The van der Waals surface area contributed by atoms with Gasteiger partial charge in [-0.3, -0.25) is 0 Å². The molecule has 0 bridgehead atoms. The Labute approximate surface area is 81.0 Å². The first kappa shape index (κ1) is 10.3. The van der Waals surface area contributed by atoms with Crippen molar-refractivity contribution in [1.82, 2.24) is 9.55 Å². The highest BCUT2D eigenvalue weighted by molar-refractivity contribution is 4.87. The first-order valence-corrected chi connectivity index (χ1v) is 5.18. The number of hydrogen-bond donors (Lipinski definition) is 0. The summed E-state index contributed by atoms with van der Waals surface area (Å²) < 4.78 is 2.22. The Bertz CT molecular complexity index is 238. The minimum Gasteiger partial charge on any atom is -0.335 e. The lowest BCUT2D eigenvalue weighted by Crippen LogP contribution is -1.99. The molecular weight excluding hydrogens is 160 g/mol. The summed E-state index contributed by atoms with van der Waals surface area (Å²) in [5.41, 5.74) is 0. The molecule has 2 heteroatoms. The van der Waals surface area contributed by atoms with Crippen molar-refractivity contribution in [3.8, 4) is 0 Å². The fourth-order valence-corrected chi connectivity index (χ4v) is 1.47. The predicted octanol–water partition coefficient (Wildman–Crippen LogP) is 3.02. The molecule has 0 unspecified atom stereocenters. The SMILES string of the molecule is Cc1nccn1CCCCC(C)C. The van der Waals surface area contributed by atoms with Crippen molar-refractivity contribution in [1.29, 1.82) is 0 Å². The van der Waals surface area contributed by atoms with Gasteiger partial charge in [-0.2, -0.15) is 0 Å². The number of imidazole rings is 1. The average molecular weight is 180 g/mol. The van der Waals surface area contributed by atoms with Crippen LogP contribution in [0.1, 0.15) is 38.9 Å². The van der Waals surface area contributed by atoms with Gasteiger partial charge in [-0.05, 0) is 19.3 Å². The van der Waals surface area contributed by atoms with Crippen LogP contribution in [0.5, 0.6) is 0 Å². The maximum atomic E-state index is 4.19. The Balaban J connectivity index is 2.17. The lowest BCUT2D eigenvalue weighted by molar-refractivity contribution is 0.506. The summed E-state index contributed by atoms with van der Waals surface area (Å²) in [5, 5.41) is 0. The molecule has 1 rings (SSSR count). The number of hydrogen-bond acceptors (Lipinski definition) is 1. The van der Waals surface area contributed by atoms with Crippen LogP contribution in [0.15, 0.2) is 12.4 Å². The molecule has 1 aromatic rings. The van der Waals surface area contributed by atoms with Gasteiger partial charge < -0.3 is 4.57 Å².